The van der Waals surface area contributed by atoms with Gasteiger partial charge >= 0.3 is 0 Å². The van der Waals surface area contributed by atoms with Crippen LogP contribution in [0.5, 0.6) is 11.5 Å². The number of aromatic nitrogens is 2. The maximum atomic E-state index is 13.3. The molecule has 0 spiro atoms. The minimum atomic E-state index is -0.412. The topological polar surface area (TPSA) is 65.4 Å². The van der Waals surface area contributed by atoms with Crippen molar-refractivity contribution in [2.75, 3.05) is 19.5 Å². The second kappa shape index (κ2) is 8.09. The third kappa shape index (κ3) is 4.57. The Morgan fingerprint density at radius 2 is 1.89 bits per heavy atom. The van der Waals surface area contributed by atoms with Crippen molar-refractivity contribution in [3.8, 4) is 11.5 Å². The first-order valence-electron chi connectivity index (χ1n) is 8.00. The van der Waals surface area contributed by atoms with Crippen molar-refractivity contribution < 1.29 is 18.7 Å². The summed E-state index contributed by atoms with van der Waals surface area (Å²) >= 11 is 6.17. The Balaban J connectivity index is 1.78. The molecule has 0 fully saturated rings. The SMILES string of the molecule is COc1cc(OC)cc(C(=O)Nc2nn(Cc3cccc(F)c3)cc2Cl)c1. The van der Waals surface area contributed by atoms with Crippen molar-refractivity contribution in [3.63, 3.8) is 0 Å². The molecule has 2 aromatic carbocycles. The summed E-state index contributed by atoms with van der Waals surface area (Å²) in [6.45, 7) is 0.320. The van der Waals surface area contributed by atoms with Crippen LogP contribution in [0.1, 0.15) is 15.9 Å². The number of amides is 1. The second-order valence-corrected chi connectivity index (χ2v) is 6.12. The van der Waals surface area contributed by atoms with Gasteiger partial charge in [0.2, 0.25) is 0 Å². The van der Waals surface area contributed by atoms with Crippen LogP contribution in [-0.2, 0) is 6.54 Å². The van der Waals surface area contributed by atoms with Gasteiger partial charge in [0.1, 0.15) is 22.3 Å². The summed E-state index contributed by atoms with van der Waals surface area (Å²) in [7, 11) is 3.00. The van der Waals surface area contributed by atoms with Crippen molar-refractivity contribution in [1.82, 2.24) is 9.78 Å². The number of rotatable bonds is 6. The molecule has 3 rings (SSSR count). The fraction of sp³-hybridized carbons (Fsp3) is 0.158. The van der Waals surface area contributed by atoms with E-state index in [0.717, 1.165) is 5.56 Å². The van der Waals surface area contributed by atoms with Gasteiger partial charge in [0.25, 0.3) is 5.91 Å². The number of nitrogens with one attached hydrogen (secondary N) is 1. The van der Waals surface area contributed by atoms with Gasteiger partial charge in [0, 0.05) is 17.8 Å². The zero-order valence-corrected chi connectivity index (χ0v) is 15.5. The lowest BCUT2D eigenvalue weighted by atomic mass is 10.2. The Morgan fingerprint density at radius 1 is 1.19 bits per heavy atom. The zero-order valence-electron chi connectivity index (χ0n) is 14.7. The average Bonchev–Trinajstić information content (AvgIpc) is 3.00. The number of halogens is 2. The number of carbonyl (C=O) groups excluding carboxylic acids is 1. The Morgan fingerprint density at radius 3 is 2.52 bits per heavy atom. The number of hydrogen-bond acceptors (Lipinski definition) is 4. The van der Waals surface area contributed by atoms with Gasteiger partial charge < -0.3 is 14.8 Å². The summed E-state index contributed by atoms with van der Waals surface area (Å²) < 4.78 is 25.2. The standard InChI is InChI=1S/C19H17ClFN3O3/c1-26-15-7-13(8-16(9-15)27-2)19(25)22-18-17(20)11-24(23-18)10-12-4-3-5-14(21)6-12/h3-9,11H,10H2,1-2H3,(H,22,23,25). The van der Waals surface area contributed by atoms with Crippen molar-refractivity contribution in [2.45, 2.75) is 6.54 Å². The molecular weight excluding hydrogens is 373 g/mol. The van der Waals surface area contributed by atoms with Gasteiger partial charge in [0.15, 0.2) is 5.82 Å². The number of ether oxygens (including phenoxy) is 2. The van der Waals surface area contributed by atoms with Crippen molar-refractivity contribution in [3.05, 3.63) is 70.6 Å². The van der Waals surface area contributed by atoms with Crippen LogP contribution in [0.4, 0.5) is 10.2 Å². The summed E-state index contributed by atoms with van der Waals surface area (Å²) in [5.74, 6) is 0.445. The molecule has 0 radical (unpaired) electrons. The molecule has 0 unspecified atom stereocenters. The van der Waals surface area contributed by atoms with Gasteiger partial charge in [-0.3, -0.25) is 9.48 Å². The third-order valence-electron chi connectivity index (χ3n) is 3.80. The molecule has 0 aliphatic rings. The molecule has 0 aliphatic heterocycles. The average molecular weight is 390 g/mol. The molecule has 1 heterocycles. The molecule has 0 aliphatic carbocycles. The van der Waals surface area contributed by atoms with E-state index >= 15 is 0 Å². The summed E-state index contributed by atoms with van der Waals surface area (Å²) in [6, 6.07) is 11.0. The number of hydrogen-bond donors (Lipinski definition) is 1. The van der Waals surface area contributed by atoms with E-state index in [2.05, 4.69) is 10.4 Å². The number of benzene rings is 2. The highest BCUT2D eigenvalue weighted by Crippen LogP contribution is 2.25. The summed E-state index contributed by atoms with van der Waals surface area (Å²) in [5.41, 5.74) is 1.06. The molecule has 3 aromatic rings. The van der Waals surface area contributed by atoms with E-state index in [1.807, 2.05) is 0 Å². The lowest BCUT2D eigenvalue weighted by Crippen LogP contribution is -2.13. The van der Waals surface area contributed by atoms with E-state index in [-0.39, 0.29) is 16.7 Å². The minimum absolute atomic E-state index is 0.208. The summed E-state index contributed by atoms with van der Waals surface area (Å²) in [4.78, 5) is 12.5. The number of carbonyl (C=O) groups is 1. The fourth-order valence-electron chi connectivity index (χ4n) is 2.50. The highest BCUT2D eigenvalue weighted by Gasteiger charge is 2.15. The highest BCUT2D eigenvalue weighted by atomic mass is 35.5. The first kappa shape index (κ1) is 18.7. The molecule has 0 saturated heterocycles. The van der Waals surface area contributed by atoms with E-state index < -0.39 is 5.91 Å². The van der Waals surface area contributed by atoms with Crippen LogP contribution in [0.3, 0.4) is 0 Å². The van der Waals surface area contributed by atoms with Gasteiger partial charge in [-0.15, -0.1) is 0 Å². The van der Waals surface area contributed by atoms with E-state index in [1.165, 1.54) is 31.0 Å². The molecule has 1 amide bonds. The Labute approximate surface area is 160 Å². The van der Waals surface area contributed by atoms with E-state index in [1.54, 1.807) is 36.5 Å². The van der Waals surface area contributed by atoms with Crippen molar-refractivity contribution in [2.24, 2.45) is 0 Å². The van der Waals surface area contributed by atoms with Gasteiger partial charge in [-0.05, 0) is 29.8 Å². The van der Waals surface area contributed by atoms with Gasteiger partial charge in [-0.2, -0.15) is 5.10 Å². The first-order valence-corrected chi connectivity index (χ1v) is 8.38. The van der Waals surface area contributed by atoms with Crippen molar-refractivity contribution >= 4 is 23.3 Å². The largest absolute Gasteiger partial charge is 0.497 e. The minimum Gasteiger partial charge on any atom is -0.497 e. The van der Waals surface area contributed by atoms with E-state index in [4.69, 9.17) is 21.1 Å². The van der Waals surface area contributed by atoms with E-state index in [9.17, 15) is 9.18 Å². The summed E-state index contributed by atoms with van der Waals surface area (Å²) in [5, 5.41) is 7.18. The number of methoxy groups -OCH3 is 2. The molecule has 1 N–H and O–H groups in total. The maximum absolute atomic E-state index is 13.3. The number of anilines is 1. The normalized spacial score (nSPS) is 10.5. The molecule has 6 nitrogen and oxygen atoms in total. The molecule has 140 valence electrons. The Bertz CT molecular complexity index is 952. The van der Waals surface area contributed by atoms with E-state index in [0.29, 0.717) is 23.6 Å². The van der Waals surface area contributed by atoms with Crippen molar-refractivity contribution in [1.29, 1.82) is 0 Å². The monoisotopic (exact) mass is 389 g/mol. The van der Waals surface area contributed by atoms with Gasteiger partial charge in [-0.1, -0.05) is 23.7 Å². The molecule has 0 bridgehead atoms. The molecule has 27 heavy (non-hydrogen) atoms. The Kier molecular flexibility index (Phi) is 5.61. The van der Waals surface area contributed by atoms with Crippen LogP contribution < -0.4 is 14.8 Å². The summed E-state index contributed by atoms with van der Waals surface area (Å²) in [6.07, 6.45) is 1.56. The molecule has 0 saturated carbocycles. The lowest BCUT2D eigenvalue weighted by Gasteiger charge is -2.08. The second-order valence-electron chi connectivity index (χ2n) is 5.71. The van der Waals surface area contributed by atoms with Gasteiger partial charge in [-0.25, -0.2) is 4.39 Å². The van der Waals surface area contributed by atoms with Crippen LogP contribution in [0.15, 0.2) is 48.7 Å². The van der Waals surface area contributed by atoms with Crippen LogP contribution in [0, 0.1) is 5.82 Å². The zero-order chi connectivity index (χ0) is 19.4. The predicted octanol–water partition coefficient (Wildman–Crippen LogP) is 3.99. The third-order valence-corrected chi connectivity index (χ3v) is 4.07. The smallest absolute Gasteiger partial charge is 0.257 e. The molecule has 1 aromatic heterocycles. The fourth-order valence-corrected chi connectivity index (χ4v) is 2.70. The van der Waals surface area contributed by atoms with Gasteiger partial charge in [0.05, 0.1) is 20.8 Å². The van der Waals surface area contributed by atoms with Crippen LogP contribution in [0.2, 0.25) is 5.02 Å². The quantitative estimate of drug-likeness (QED) is 0.692. The van der Waals surface area contributed by atoms with Crippen LogP contribution in [0.25, 0.3) is 0 Å². The maximum Gasteiger partial charge on any atom is 0.257 e. The number of nitrogens with zero attached hydrogens (tertiary/aromatic N) is 2. The molecular formula is C19H17ClFN3O3. The van der Waals surface area contributed by atoms with Crippen LogP contribution >= 0.6 is 11.6 Å². The molecule has 8 heteroatoms. The predicted molar refractivity (Wildman–Crippen MR) is 100 cm³/mol. The Hall–Kier alpha value is -3.06. The highest BCUT2D eigenvalue weighted by molar-refractivity contribution is 6.33. The first-order chi connectivity index (χ1) is 13.0. The lowest BCUT2D eigenvalue weighted by molar-refractivity contribution is 0.102. The van der Waals surface area contributed by atoms with Crippen LogP contribution in [-0.4, -0.2) is 29.9 Å². The molecule has 0 atom stereocenters.